The van der Waals surface area contributed by atoms with Gasteiger partial charge in [-0.25, -0.2) is 0 Å². The molecule has 0 radical (unpaired) electrons. The molecule has 1 saturated heterocycles. The molecular formula is C13H24ClN5. The Hall–Kier alpha value is -0.620. The molecule has 2 unspecified atom stereocenters. The van der Waals surface area contributed by atoms with Crippen LogP contribution in [0.1, 0.15) is 18.7 Å². The van der Waals surface area contributed by atoms with Crippen molar-refractivity contribution in [3.63, 3.8) is 0 Å². The van der Waals surface area contributed by atoms with E-state index in [2.05, 4.69) is 41.2 Å². The fraction of sp³-hybridized carbons (Fsp3) is 0.769. The molecule has 0 aliphatic carbocycles. The molecule has 0 saturated carbocycles. The van der Waals surface area contributed by atoms with Crippen LogP contribution in [0.4, 0.5) is 0 Å². The van der Waals surface area contributed by atoms with Gasteiger partial charge in [0.2, 0.25) is 0 Å². The van der Waals surface area contributed by atoms with E-state index >= 15 is 0 Å². The van der Waals surface area contributed by atoms with Gasteiger partial charge in [-0.3, -0.25) is 9.58 Å². The molecule has 1 aromatic heterocycles. The van der Waals surface area contributed by atoms with Gasteiger partial charge in [-0.05, 0) is 20.6 Å². The molecule has 0 aromatic carbocycles. The van der Waals surface area contributed by atoms with Crippen LogP contribution >= 0.6 is 11.6 Å². The summed E-state index contributed by atoms with van der Waals surface area (Å²) in [5, 5.41) is 8.59. The SMILES string of the molecule is CCNC(c1c(Cl)cnn1C)C1CN(C)CCN1C. The quantitative estimate of drug-likeness (QED) is 0.894. The summed E-state index contributed by atoms with van der Waals surface area (Å²) in [6.45, 7) is 6.28. The summed E-state index contributed by atoms with van der Waals surface area (Å²) < 4.78 is 1.89. The minimum atomic E-state index is 0.206. The molecule has 2 rings (SSSR count). The summed E-state index contributed by atoms with van der Waals surface area (Å²) >= 11 is 6.32. The first-order valence-electron chi connectivity index (χ1n) is 6.84. The van der Waals surface area contributed by atoms with Gasteiger partial charge in [-0.1, -0.05) is 18.5 Å². The Morgan fingerprint density at radius 2 is 2.16 bits per heavy atom. The van der Waals surface area contributed by atoms with E-state index in [1.54, 1.807) is 6.20 Å². The maximum Gasteiger partial charge on any atom is 0.0834 e. The Morgan fingerprint density at radius 1 is 1.42 bits per heavy atom. The molecule has 0 bridgehead atoms. The number of nitrogens with zero attached hydrogens (tertiary/aromatic N) is 4. The highest BCUT2D eigenvalue weighted by atomic mass is 35.5. The minimum absolute atomic E-state index is 0.206. The van der Waals surface area contributed by atoms with Gasteiger partial charge in [0, 0.05) is 32.7 Å². The van der Waals surface area contributed by atoms with E-state index in [1.807, 2.05) is 11.7 Å². The van der Waals surface area contributed by atoms with E-state index in [0.29, 0.717) is 6.04 Å². The van der Waals surface area contributed by atoms with Gasteiger partial charge in [-0.15, -0.1) is 0 Å². The van der Waals surface area contributed by atoms with Crippen molar-refractivity contribution in [1.82, 2.24) is 24.9 Å². The largest absolute Gasteiger partial charge is 0.308 e. The Balaban J connectivity index is 2.29. The van der Waals surface area contributed by atoms with E-state index in [1.165, 1.54) is 0 Å². The third-order valence-corrected chi connectivity index (χ3v) is 4.23. The second-order valence-corrected chi connectivity index (χ2v) is 5.75. The maximum atomic E-state index is 6.32. The van der Waals surface area contributed by atoms with Gasteiger partial charge < -0.3 is 10.2 Å². The van der Waals surface area contributed by atoms with Crippen molar-refractivity contribution in [2.24, 2.45) is 7.05 Å². The van der Waals surface area contributed by atoms with Gasteiger partial charge in [0.1, 0.15) is 0 Å². The standard InChI is InChI=1S/C13H24ClN5/c1-5-15-12(13-10(14)8-16-19(13)4)11-9-17(2)6-7-18(11)3/h8,11-12,15H,5-7,9H2,1-4H3. The molecule has 0 amide bonds. The van der Waals surface area contributed by atoms with Crippen molar-refractivity contribution in [3.8, 4) is 0 Å². The molecule has 1 fully saturated rings. The minimum Gasteiger partial charge on any atom is -0.308 e. The van der Waals surface area contributed by atoms with E-state index in [0.717, 1.165) is 36.9 Å². The summed E-state index contributed by atoms with van der Waals surface area (Å²) in [7, 11) is 6.32. The van der Waals surface area contributed by atoms with E-state index in [9.17, 15) is 0 Å². The molecule has 2 heterocycles. The Kier molecular flexibility index (Phi) is 4.84. The summed E-state index contributed by atoms with van der Waals surface area (Å²) in [5.74, 6) is 0. The lowest BCUT2D eigenvalue weighted by molar-refractivity contribution is 0.0859. The second-order valence-electron chi connectivity index (χ2n) is 5.35. The average Bonchev–Trinajstić information content (AvgIpc) is 2.70. The Bertz CT molecular complexity index is 400. The Morgan fingerprint density at radius 3 is 2.74 bits per heavy atom. The molecule has 1 aliphatic heterocycles. The number of rotatable bonds is 4. The molecule has 5 nitrogen and oxygen atoms in total. The molecule has 108 valence electrons. The number of aromatic nitrogens is 2. The summed E-state index contributed by atoms with van der Waals surface area (Å²) in [4.78, 5) is 4.79. The zero-order chi connectivity index (χ0) is 14.0. The van der Waals surface area contributed by atoms with E-state index in [-0.39, 0.29) is 6.04 Å². The van der Waals surface area contributed by atoms with Crippen LogP contribution in [0.5, 0.6) is 0 Å². The van der Waals surface area contributed by atoms with E-state index in [4.69, 9.17) is 11.6 Å². The molecule has 1 N–H and O–H groups in total. The van der Waals surface area contributed by atoms with Crippen LogP contribution in [-0.2, 0) is 7.05 Å². The topological polar surface area (TPSA) is 36.3 Å². The molecule has 1 aromatic rings. The molecule has 6 heteroatoms. The van der Waals surface area contributed by atoms with Crippen LogP contribution in [-0.4, -0.2) is 65.9 Å². The first-order chi connectivity index (χ1) is 9.04. The average molecular weight is 286 g/mol. The molecular weight excluding hydrogens is 262 g/mol. The van der Waals surface area contributed by atoms with Gasteiger partial charge in [0.15, 0.2) is 0 Å². The summed E-state index contributed by atoms with van der Waals surface area (Å²) in [6.07, 6.45) is 1.73. The maximum absolute atomic E-state index is 6.32. The highest BCUT2D eigenvalue weighted by Gasteiger charge is 2.33. The predicted octanol–water partition coefficient (Wildman–Crippen LogP) is 0.970. The number of halogens is 1. The van der Waals surface area contributed by atoms with Crippen LogP contribution in [0.25, 0.3) is 0 Å². The first kappa shape index (κ1) is 14.8. The van der Waals surface area contributed by atoms with Crippen LogP contribution in [0, 0.1) is 0 Å². The third-order valence-electron chi connectivity index (χ3n) is 3.94. The molecule has 19 heavy (non-hydrogen) atoms. The lowest BCUT2D eigenvalue weighted by Crippen LogP contribution is -2.55. The number of piperazine rings is 1. The van der Waals surface area contributed by atoms with Crippen molar-refractivity contribution in [2.45, 2.75) is 19.0 Å². The lowest BCUT2D eigenvalue weighted by Gasteiger charge is -2.42. The number of aryl methyl sites for hydroxylation is 1. The zero-order valence-corrected chi connectivity index (χ0v) is 13.0. The number of likely N-dealkylation sites (N-methyl/N-ethyl adjacent to an activating group) is 3. The van der Waals surface area contributed by atoms with E-state index < -0.39 is 0 Å². The third kappa shape index (κ3) is 3.11. The second kappa shape index (κ2) is 6.22. The highest BCUT2D eigenvalue weighted by molar-refractivity contribution is 6.31. The Labute approximate surface area is 120 Å². The van der Waals surface area contributed by atoms with Gasteiger partial charge in [-0.2, -0.15) is 5.10 Å². The van der Waals surface area contributed by atoms with Gasteiger partial charge in [0.25, 0.3) is 0 Å². The fourth-order valence-electron chi connectivity index (χ4n) is 2.81. The first-order valence-corrected chi connectivity index (χ1v) is 7.22. The molecule has 2 atom stereocenters. The normalized spacial score (nSPS) is 23.7. The zero-order valence-electron chi connectivity index (χ0n) is 12.2. The van der Waals surface area contributed by atoms with Crippen LogP contribution in [0.15, 0.2) is 6.20 Å². The lowest BCUT2D eigenvalue weighted by atomic mass is 10.0. The molecule has 0 spiro atoms. The predicted molar refractivity (Wildman–Crippen MR) is 78.6 cm³/mol. The van der Waals surface area contributed by atoms with Crippen LogP contribution < -0.4 is 5.32 Å². The van der Waals surface area contributed by atoms with Crippen LogP contribution in [0.3, 0.4) is 0 Å². The summed E-state index contributed by atoms with van der Waals surface area (Å²) in [6, 6.07) is 0.615. The highest BCUT2D eigenvalue weighted by Crippen LogP contribution is 2.28. The van der Waals surface area contributed by atoms with Gasteiger partial charge in [0.05, 0.1) is 23.0 Å². The van der Waals surface area contributed by atoms with Crippen molar-refractivity contribution in [1.29, 1.82) is 0 Å². The smallest absolute Gasteiger partial charge is 0.0834 e. The summed E-state index contributed by atoms with van der Waals surface area (Å²) in [5.41, 5.74) is 1.08. The van der Waals surface area contributed by atoms with Crippen molar-refractivity contribution in [3.05, 3.63) is 16.9 Å². The van der Waals surface area contributed by atoms with Gasteiger partial charge >= 0.3 is 0 Å². The number of nitrogens with one attached hydrogen (secondary N) is 1. The van der Waals surface area contributed by atoms with Crippen molar-refractivity contribution in [2.75, 3.05) is 40.3 Å². The monoisotopic (exact) mass is 285 g/mol. The fourth-order valence-corrected chi connectivity index (χ4v) is 3.09. The van der Waals surface area contributed by atoms with Crippen molar-refractivity contribution >= 4 is 11.6 Å². The van der Waals surface area contributed by atoms with Crippen LogP contribution in [0.2, 0.25) is 5.02 Å². The van der Waals surface area contributed by atoms with Crippen molar-refractivity contribution < 1.29 is 0 Å². The number of hydrogen-bond donors (Lipinski definition) is 1. The molecule has 1 aliphatic rings. The number of hydrogen-bond acceptors (Lipinski definition) is 4.